The quantitative estimate of drug-likeness (QED) is 0.674. The maximum atomic E-state index is 12.7. The second-order valence-corrected chi connectivity index (χ2v) is 6.60. The minimum absolute atomic E-state index is 0.0640. The van der Waals surface area contributed by atoms with Crippen molar-refractivity contribution in [2.75, 3.05) is 12.1 Å². The first-order valence-corrected chi connectivity index (χ1v) is 9.02. The molecule has 1 atom stereocenters. The largest absolute Gasteiger partial charge is 0.454 e. The van der Waals surface area contributed by atoms with Gasteiger partial charge in [-0.2, -0.15) is 0 Å². The highest BCUT2D eigenvalue weighted by atomic mass is 16.7. The van der Waals surface area contributed by atoms with Gasteiger partial charge < -0.3 is 14.8 Å². The second kappa shape index (κ2) is 7.56. The van der Waals surface area contributed by atoms with Crippen molar-refractivity contribution in [3.05, 3.63) is 89.5 Å². The molecule has 1 amide bonds. The van der Waals surface area contributed by atoms with Crippen molar-refractivity contribution in [3.8, 4) is 11.5 Å². The number of ether oxygens (including phenoxy) is 2. The third-order valence-electron chi connectivity index (χ3n) is 4.72. The summed E-state index contributed by atoms with van der Waals surface area (Å²) in [7, 11) is 0. The summed E-state index contributed by atoms with van der Waals surface area (Å²) in [6.07, 6.45) is 0. The summed E-state index contributed by atoms with van der Waals surface area (Å²) in [5.74, 6) is 0.627. The highest BCUT2D eigenvalue weighted by Crippen LogP contribution is 2.34. The first kappa shape index (κ1) is 17.8. The fourth-order valence-corrected chi connectivity index (χ4v) is 3.08. The lowest BCUT2D eigenvalue weighted by molar-refractivity contribution is -0.117. The molecule has 0 unspecified atom stereocenters. The summed E-state index contributed by atoms with van der Waals surface area (Å²) in [4.78, 5) is 25.4. The van der Waals surface area contributed by atoms with Crippen molar-refractivity contribution in [3.63, 3.8) is 0 Å². The van der Waals surface area contributed by atoms with Crippen molar-refractivity contribution in [2.45, 2.75) is 12.8 Å². The van der Waals surface area contributed by atoms with E-state index in [1.165, 1.54) is 0 Å². The van der Waals surface area contributed by atoms with Gasteiger partial charge >= 0.3 is 0 Å². The third kappa shape index (κ3) is 3.60. The molecule has 0 aromatic heterocycles. The molecular formula is C23H19NO4. The highest BCUT2D eigenvalue weighted by Gasteiger charge is 2.19. The van der Waals surface area contributed by atoms with Gasteiger partial charge in [0.15, 0.2) is 17.3 Å². The molecule has 28 heavy (non-hydrogen) atoms. The van der Waals surface area contributed by atoms with Gasteiger partial charge in [0.1, 0.15) is 0 Å². The molecule has 1 heterocycles. The number of hydrogen-bond acceptors (Lipinski definition) is 4. The van der Waals surface area contributed by atoms with E-state index in [2.05, 4.69) is 5.32 Å². The zero-order valence-corrected chi connectivity index (χ0v) is 15.3. The predicted octanol–water partition coefficient (Wildman–Crippen LogP) is 4.39. The molecule has 0 spiro atoms. The van der Waals surface area contributed by atoms with Gasteiger partial charge in [0.2, 0.25) is 12.7 Å². The number of carbonyl (C=O) groups excluding carboxylic acids is 2. The van der Waals surface area contributed by atoms with E-state index in [9.17, 15) is 9.59 Å². The zero-order chi connectivity index (χ0) is 19.5. The van der Waals surface area contributed by atoms with Gasteiger partial charge in [0.25, 0.3) is 0 Å². The van der Waals surface area contributed by atoms with Gasteiger partial charge in [-0.1, -0.05) is 48.5 Å². The average Bonchev–Trinajstić information content (AvgIpc) is 3.21. The van der Waals surface area contributed by atoms with Crippen LogP contribution in [0.1, 0.15) is 34.3 Å². The van der Waals surface area contributed by atoms with E-state index >= 15 is 0 Å². The molecular weight excluding hydrogens is 354 g/mol. The summed E-state index contributed by atoms with van der Waals surface area (Å²) < 4.78 is 10.6. The number of benzene rings is 3. The zero-order valence-electron chi connectivity index (χ0n) is 15.3. The minimum Gasteiger partial charge on any atom is -0.454 e. The molecule has 4 rings (SSSR count). The van der Waals surface area contributed by atoms with E-state index in [-0.39, 0.29) is 18.5 Å². The van der Waals surface area contributed by atoms with Gasteiger partial charge in [-0.3, -0.25) is 9.59 Å². The van der Waals surface area contributed by atoms with Crippen LogP contribution >= 0.6 is 0 Å². The van der Waals surface area contributed by atoms with Crippen molar-refractivity contribution >= 4 is 17.4 Å². The Kier molecular flexibility index (Phi) is 4.81. The van der Waals surface area contributed by atoms with Crippen LogP contribution in [0.3, 0.4) is 0 Å². The fraction of sp³-hybridized carbons (Fsp3) is 0.130. The molecule has 140 valence electrons. The minimum atomic E-state index is -0.422. The monoisotopic (exact) mass is 373 g/mol. The van der Waals surface area contributed by atoms with Gasteiger partial charge in [0, 0.05) is 22.9 Å². The lowest BCUT2D eigenvalue weighted by atomic mass is 9.95. The van der Waals surface area contributed by atoms with E-state index in [0.717, 1.165) is 5.56 Å². The number of anilines is 1. The van der Waals surface area contributed by atoms with Gasteiger partial charge in [-0.25, -0.2) is 0 Å². The van der Waals surface area contributed by atoms with Crippen LogP contribution in [0.15, 0.2) is 72.8 Å². The lowest BCUT2D eigenvalue weighted by Crippen LogP contribution is -2.19. The van der Waals surface area contributed by atoms with Crippen molar-refractivity contribution in [1.82, 2.24) is 0 Å². The molecule has 0 bridgehead atoms. The summed E-state index contributed by atoms with van der Waals surface area (Å²) in [5.41, 5.74) is 2.60. The predicted molar refractivity (Wildman–Crippen MR) is 106 cm³/mol. The number of hydrogen-bond donors (Lipinski definition) is 1. The van der Waals surface area contributed by atoms with Crippen LogP contribution in [-0.4, -0.2) is 18.5 Å². The lowest BCUT2D eigenvalue weighted by Gasteiger charge is -2.14. The summed E-state index contributed by atoms with van der Waals surface area (Å²) in [6, 6.07) is 21.6. The maximum Gasteiger partial charge on any atom is 0.231 e. The fourth-order valence-electron chi connectivity index (χ4n) is 3.08. The van der Waals surface area contributed by atoms with Gasteiger partial charge in [-0.15, -0.1) is 0 Å². The Morgan fingerprint density at radius 1 is 0.857 bits per heavy atom. The molecule has 5 nitrogen and oxygen atoms in total. The first-order valence-electron chi connectivity index (χ1n) is 9.02. The molecule has 3 aromatic rings. The molecule has 0 aliphatic carbocycles. The van der Waals surface area contributed by atoms with Crippen LogP contribution < -0.4 is 14.8 Å². The molecule has 5 heteroatoms. The number of nitrogens with one attached hydrogen (secondary N) is 1. The average molecular weight is 373 g/mol. The molecule has 0 fully saturated rings. The maximum absolute atomic E-state index is 12.7. The molecule has 1 aliphatic heterocycles. The van der Waals surface area contributed by atoms with Crippen LogP contribution in [0.2, 0.25) is 0 Å². The van der Waals surface area contributed by atoms with Crippen molar-refractivity contribution in [2.24, 2.45) is 0 Å². The number of ketones is 1. The Labute approximate surface area is 162 Å². The summed E-state index contributed by atoms with van der Waals surface area (Å²) >= 11 is 0. The topological polar surface area (TPSA) is 64.6 Å². The Bertz CT molecular complexity index is 1030. The SMILES string of the molecule is C[C@@H](C(=O)Nc1ccc2c(c1)OCO2)c1cccc(C(=O)c2ccccc2)c1. The van der Waals surface area contributed by atoms with E-state index in [4.69, 9.17) is 9.47 Å². The van der Waals surface area contributed by atoms with Crippen LogP contribution in [-0.2, 0) is 4.79 Å². The molecule has 3 aromatic carbocycles. The second-order valence-electron chi connectivity index (χ2n) is 6.60. The van der Waals surface area contributed by atoms with E-state index < -0.39 is 5.92 Å². The third-order valence-corrected chi connectivity index (χ3v) is 4.72. The van der Waals surface area contributed by atoms with Crippen LogP contribution in [0, 0.1) is 0 Å². The normalized spacial score (nSPS) is 13.0. The smallest absolute Gasteiger partial charge is 0.231 e. The standard InChI is InChI=1S/C23H19NO4/c1-15(23(26)24-19-10-11-20-21(13-19)28-14-27-20)17-8-5-9-18(12-17)22(25)16-6-3-2-4-7-16/h2-13,15H,14H2,1H3,(H,24,26)/t15-/m1/s1. The van der Waals surface area contributed by atoms with Crippen LogP contribution in [0.25, 0.3) is 0 Å². The van der Waals surface area contributed by atoms with Crippen molar-refractivity contribution < 1.29 is 19.1 Å². The first-order chi connectivity index (χ1) is 13.6. The Balaban J connectivity index is 1.50. The Morgan fingerprint density at radius 2 is 1.61 bits per heavy atom. The number of fused-ring (bicyclic) bond motifs is 1. The van der Waals surface area contributed by atoms with E-state index in [0.29, 0.717) is 28.3 Å². The summed E-state index contributed by atoms with van der Waals surface area (Å²) in [5, 5.41) is 2.89. The molecule has 1 aliphatic rings. The van der Waals surface area contributed by atoms with Gasteiger partial charge in [0.05, 0.1) is 5.92 Å². The molecule has 1 N–H and O–H groups in total. The van der Waals surface area contributed by atoms with E-state index in [1.807, 2.05) is 31.2 Å². The number of rotatable bonds is 5. The van der Waals surface area contributed by atoms with Crippen LogP contribution in [0.4, 0.5) is 5.69 Å². The van der Waals surface area contributed by atoms with Crippen LogP contribution in [0.5, 0.6) is 11.5 Å². The molecule has 0 saturated heterocycles. The van der Waals surface area contributed by atoms with E-state index in [1.54, 1.807) is 48.5 Å². The number of carbonyl (C=O) groups is 2. The molecule has 0 radical (unpaired) electrons. The Hall–Kier alpha value is -3.60. The van der Waals surface area contributed by atoms with Crippen molar-refractivity contribution in [1.29, 1.82) is 0 Å². The number of amides is 1. The molecule has 0 saturated carbocycles. The Morgan fingerprint density at radius 3 is 2.43 bits per heavy atom. The summed E-state index contributed by atoms with van der Waals surface area (Å²) in [6.45, 7) is 2.00. The van der Waals surface area contributed by atoms with Gasteiger partial charge in [-0.05, 0) is 30.7 Å². The highest BCUT2D eigenvalue weighted by molar-refractivity contribution is 6.09.